The maximum atomic E-state index is 11.1. The lowest BCUT2D eigenvalue weighted by atomic mass is 10.1. The summed E-state index contributed by atoms with van der Waals surface area (Å²) in [7, 11) is 1.47. The van der Waals surface area contributed by atoms with Crippen LogP contribution in [-0.2, 0) is 9.53 Å². The maximum Gasteiger partial charge on any atom is 0.326 e. The largest absolute Gasteiger partial charge is 0.480 e. The molecule has 7 nitrogen and oxygen atoms in total. The van der Waals surface area contributed by atoms with Gasteiger partial charge in [-0.1, -0.05) is 6.07 Å². The highest BCUT2D eigenvalue weighted by Gasteiger charge is 2.21. The highest BCUT2D eigenvalue weighted by Crippen LogP contribution is 2.26. The molecule has 0 bridgehead atoms. The number of hydrogen-bond acceptors (Lipinski definition) is 5. The van der Waals surface area contributed by atoms with Crippen LogP contribution in [0, 0.1) is 17.0 Å². The Kier molecular flexibility index (Phi) is 5.25. The van der Waals surface area contributed by atoms with Crippen LogP contribution in [-0.4, -0.2) is 35.8 Å². The molecular formula is C12H16N2O5. The van der Waals surface area contributed by atoms with Crippen molar-refractivity contribution in [1.82, 2.24) is 0 Å². The van der Waals surface area contributed by atoms with Gasteiger partial charge in [-0.3, -0.25) is 10.1 Å². The average Bonchev–Trinajstić information content (AvgIpc) is 2.35. The number of nitrogens with one attached hydrogen (secondary N) is 1. The molecule has 0 aliphatic rings. The minimum absolute atomic E-state index is 0.135. The van der Waals surface area contributed by atoms with E-state index in [0.29, 0.717) is 0 Å². The molecule has 19 heavy (non-hydrogen) atoms. The minimum atomic E-state index is -1.08. The minimum Gasteiger partial charge on any atom is -0.480 e. The van der Waals surface area contributed by atoms with Crippen LogP contribution in [0.4, 0.5) is 11.4 Å². The predicted molar refractivity (Wildman–Crippen MR) is 69.4 cm³/mol. The molecule has 1 aromatic rings. The van der Waals surface area contributed by atoms with Crippen molar-refractivity contribution in [3.63, 3.8) is 0 Å². The number of carboxylic acids is 1. The van der Waals surface area contributed by atoms with Gasteiger partial charge in [0.2, 0.25) is 0 Å². The van der Waals surface area contributed by atoms with Crippen molar-refractivity contribution in [1.29, 1.82) is 0 Å². The molecular weight excluding hydrogens is 252 g/mol. The van der Waals surface area contributed by atoms with Crippen molar-refractivity contribution in [2.45, 2.75) is 19.4 Å². The third kappa shape index (κ3) is 4.22. The van der Waals surface area contributed by atoms with E-state index in [2.05, 4.69) is 5.32 Å². The maximum absolute atomic E-state index is 11.1. The van der Waals surface area contributed by atoms with Gasteiger partial charge < -0.3 is 15.2 Å². The number of aliphatic carboxylic acids is 1. The zero-order valence-corrected chi connectivity index (χ0v) is 10.8. The fourth-order valence-electron chi connectivity index (χ4n) is 1.60. The van der Waals surface area contributed by atoms with E-state index >= 15 is 0 Å². The summed E-state index contributed by atoms with van der Waals surface area (Å²) < 4.78 is 4.82. The lowest BCUT2D eigenvalue weighted by molar-refractivity contribution is -0.384. The second-order valence-electron chi connectivity index (χ2n) is 4.09. The Balaban J connectivity index is 2.95. The van der Waals surface area contributed by atoms with E-state index in [1.54, 1.807) is 13.0 Å². The van der Waals surface area contributed by atoms with Crippen molar-refractivity contribution in [3.05, 3.63) is 33.9 Å². The molecule has 7 heteroatoms. The molecule has 0 heterocycles. The highest BCUT2D eigenvalue weighted by molar-refractivity contribution is 5.79. The number of aryl methyl sites for hydroxylation is 1. The van der Waals surface area contributed by atoms with E-state index in [0.717, 1.165) is 5.56 Å². The van der Waals surface area contributed by atoms with E-state index in [9.17, 15) is 14.9 Å². The van der Waals surface area contributed by atoms with Crippen molar-refractivity contribution < 1.29 is 19.6 Å². The molecule has 0 aromatic heterocycles. The Morgan fingerprint density at radius 2 is 2.26 bits per heavy atom. The molecule has 0 saturated heterocycles. The van der Waals surface area contributed by atoms with Crippen LogP contribution >= 0.6 is 0 Å². The van der Waals surface area contributed by atoms with E-state index in [1.807, 2.05) is 0 Å². The van der Waals surface area contributed by atoms with Crippen LogP contribution in [0.15, 0.2) is 18.2 Å². The number of rotatable bonds is 7. The zero-order valence-electron chi connectivity index (χ0n) is 10.8. The Morgan fingerprint density at radius 3 is 2.79 bits per heavy atom. The molecule has 0 spiro atoms. The molecule has 1 rings (SSSR count). The van der Waals surface area contributed by atoms with Crippen molar-refractivity contribution >= 4 is 17.3 Å². The van der Waals surface area contributed by atoms with Gasteiger partial charge in [0, 0.05) is 26.2 Å². The van der Waals surface area contributed by atoms with E-state index < -0.39 is 16.9 Å². The monoisotopic (exact) mass is 268 g/mol. The van der Waals surface area contributed by atoms with Gasteiger partial charge in [-0.15, -0.1) is 0 Å². The van der Waals surface area contributed by atoms with Crippen LogP contribution in [0.1, 0.15) is 12.0 Å². The van der Waals surface area contributed by atoms with Crippen molar-refractivity contribution in [3.8, 4) is 0 Å². The molecule has 2 N–H and O–H groups in total. The number of anilines is 1. The van der Waals surface area contributed by atoms with Crippen LogP contribution in [0.2, 0.25) is 0 Å². The molecule has 0 fully saturated rings. The summed E-state index contributed by atoms with van der Waals surface area (Å²) in [5.74, 6) is -1.08. The molecule has 1 atom stereocenters. The number of nitrogens with zero attached hydrogens (tertiary/aromatic N) is 1. The average molecular weight is 268 g/mol. The standard InChI is InChI=1S/C12H16N2O5/c1-8-3-4-9(11(7-8)14(17)18)13-10(12(15)16)5-6-19-2/h3-4,7,10,13H,5-6H2,1-2H3,(H,15,16). The number of methoxy groups -OCH3 is 1. The van der Waals surface area contributed by atoms with Gasteiger partial charge in [-0.25, -0.2) is 4.79 Å². The SMILES string of the molecule is COCCC(Nc1ccc(C)cc1[N+](=O)[O-])C(=O)O. The van der Waals surface area contributed by atoms with Crippen LogP contribution in [0.3, 0.4) is 0 Å². The van der Waals surface area contributed by atoms with Gasteiger partial charge >= 0.3 is 5.97 Å². The fourth-order valence-corrected chi connectivity index (χ4v) is 1.60. The molecule has 1 unspecified atom stereocenters. The number of hydrogen-bond donors (Lipinski definition) is 2. The van der Waals surface area contributed by atoms with Gasteiger partial charge in [-0.2, -0.15) is 0 Å². The summed E-state index contributed by atoms with van der Waals surface area (Å²) in [6.07, 6.45) is 0.219. The third-order valence-corrected chi connectivity index (χ3v) is 2.59. The number of carbonyl (C=O) groups is 1. The Morgan fingerprint density at radius 1 is 1.58 bits per heavy atom. The second-order valence-corrected chi connectivity index (χ2v) is 4.09. The number of carboxylic acid groups (broad SMARTS) is 1. The molecule has 104 valence electrons. The topological polar surface area (TPSA) is 102 Å². The molecule has 0 saturated carbocycles. The van der Waals surface area contributed by atoms with Gasteiger partial charge in [0.15, 0.2) is 0 Å². The first-order chi connectivity index (χ1) is 8.95. The zero-order chi connectivity index (χ0) is 14.4. The van der Waals surface area contributed by atoms with Crippen LogP contribution < -0.4 is 5.32 Å². The molecule has 0 amide bonds. The number of nitro benzene ring substituents is 1. The Bertz CT molecular complexity index is 475. The van der Waals surface area contributed by atoms with Crippen molar-refractivity contribution in [2.24, 2.45) is 0 Å². The van der Waals surface area contributed by atoms with E-state index in [4.69, 9.17) is 9.84 Å². The Labute approximate surface area is 110 Å². The summed E-state index contributed by atoms with van der Waals surface area (Å²) in [5, 5.41) is 22.7. The first kappa shape index (κ1) is 14.9. The lowest BCUT2D eigenvalue weighted by Gasteiger charge is -2.15. The molecule has 1 aromatic carbocycles. The quantitative estimate of drug-likeness (QED) is 0.577. The number of nitro groups is 1. The summed E-state index contributed by atoms with van der Waals surface area (Å²) in [6, 6.07) is 3.67. The van der Waals surface area contributed by atoms with E-state index in [-0.39, 0.29) is 24.4 Å². The second kappa shape index (κ2) is 6.69. The van der Waals surface area contributed by atoms with Crippen LogP contribution in [0.25, 0.3) is 0 Å². The summed E-state index contributed by atoms with van der Waals surface area (Å²) in [4.78, 5) is 21.5. The Hall–Kier alpha value is -2.15. The molecule has 0 aliphatic carbocycles. The summed E-state index contributed by atoms with van der Waals surface area (Å²) in [5.41, 5.74) is 0.795. The van der Waals surface area contributed by atoms with Gasteiger partial charge in [0.25, 0.3) is 5.69 Å². The molecule has 0 aliphatic heterocycles. The molecule has 0 radical (unpaired) electrons. The number of benzene rings is 1. The third-order valence-electron chi connectivity index (χ3n) is 2.59. The fraction of sp³-hybridized carbons (Fsp3) is 0.417. The number of ether oxygens (including phenoxy) is 1. The van der Waals surface area contributed by atoms with Crippen LogP contribution in [0.5, 0.6) is 0 Å². The van der Waals surface area contributed by atoms with Gasteiger partial charge in [0.05, 0.1) is 4.92 Å². The van der Waals surface area contributed by atoms with Gasteiger partial charge in [0.1, 0.15) is 11.7 Å². The first-order valence-corrected chi connectivity index (χ1v) is 5.69. The summed E-state index contributed by atoms with van der Waals surface area (Å²) >= 11 is 0. The highest BCUT2D eigenvalue weighted by atomic mass is 16.6. The predicted octanol–water partition coefficient (Wildman–Crippen LogP) is 1.80. The normalized spacial score (nSPS) is 11.9. The van der Waals surface area contributed by atoms with Gasteiger partial charge in [-0.05, 0) is 18.6 Å². The van der Waals surface area contributed by atoms with Crippen molar-refractivity contribution in [2.75, 3.05) is 19.0 Å². The summed E-state index contributed by atoms with van der Waals surface area (Å²) in [6.45, 7) is 1.99. The first-order valence-electron chi connectivity index (χ1n) is 5.69. The van der Waals surface area contributed by atoms with E-state index in [1.165, 1.54) is 19.2 Å². The smallest absolute Gasteiger partial charge is 0.326 e. The lowest BCUT2D eigenvalue weighted by Crippen LogP contribution is -2.30.